The van der Waals surface area contributed by atoms with Crippen LogP contribution in [0.5, 0.6) is 0 Å². The predicted molar refractivity (Wildman–Crippen MR) is 71.2 cm³/mol. The normalized spacial score (nSPS) is 22.2. The van der Waals surface area contributed by atoms with Crippen molar-refractivity contribution in [2.24, 2.45) is 11.8 Å². The van der Waals surface area contributed by atoms with Gasteiger partial charge in [-0.3, -0.25) is 0 Å². The summed E-state index contributed by atoms with van der Waals surface area (Å²) in [6.45, 7) is 0.544. The molecule has 108 valence electrons. The highest BCUT2D eigenvalue weighted by molar-refractivity contribution is 5.92. The molecule has 1 fully saturated rings. The number of pyridine rings is 1. The Hall–Kier alpha value is -1.98. The second kappa shape index (κ2) is 6.45. The zero-order chi connectivity index (χ0) is 14.5. The van der Waals surface area contributed by atoms with Gasteiger partial charge in [0.1, 0.15) is 17.7 Å². The average Bonchev–Trinajstić information content (AvgIpc) is 2.45. The van der Waals surface area contributed by atoms with Crippen LogP contribution in [-0.2, 0) is 4.79 Å². The fraction of sp³-hybridized carbons (Fsp3) is 0.500. The molecule has 0 aromatic carbocycles. The summed E-state index contributed by atoms with van der Waals surface area (Å²) in [7, 11) is 0. The highest BCUT2D eigenvalue weighted by atomic mass is 19.1. The topological polar surface area (TPSA) is 79.3 Å². The van der Waals surface area contributed by atoms with Crippen LogP contribution in [0, 0.1) is 17.8 Å². The van der Waals surface area contributed by atoms with E-state index < -0.39 is 11.9 Å². The number of halogens is 1. The molecule has 2 N–H and O–H groups in total. The maximum absolute atomic E-state index is 13.1. The fourth-order valence-electron chi connectivity index (χ4n) is 2.51. The highest BCUT2D eigenvalue weighted by Crippen LogP contribution is 2.28. The molecule has 0 aliphatic heterocycles. The Labute approximate surface area is 116 Å². The number of carboxylic acids is 1. The van der Waals surface area contributed by atoms with E-state index in [2.05, 4.69) is 10.3 Å². The first-order valence-corrected chi connectivity index (χ1v) is 6.69. The first kappa shape index (κ1) is 14.4. The zero-order valence-corrected chi connectivity index (χ0v) is 11.0. The molecule has 0 atom stereocenters. The number of aromatic nitrogens is 1. The number of hydrogen-bond donors (Lipinski definition) is 2. The number of rotatable bonds is 5. The Morgan fingerprint density at radius 2 is 2.10 bits per heavy atom. The SMILES string of the molecule is O=CC1CCC(CNc2nc(F)ccc2C(=O)O)CC1. The van der Waals surface area contributed by atoms with E-state index in [0.29, 0.717) is 12.5 Å². The van der Waals surface area contributed by atoms with Crippen LogP contribution in [0.4, 0.5) is 10.2 Å². The summed E-state index contributed by atoms with van der Waals surface area (Å²) < 4.78 is 13.1. The van der Waals surface area contributed by atoms with Gasteiger partial charge in [-0.2, -0.15) is 4.39 Å². The van der Waals surface area contributed by atoms with E-state index in [9.17, 15) is 14.0 Å². The lowest BCUT2D eigenvalue weighted by atomic mass is 9.83. The van der Waals surface area contributed by atoms with Crippen molar-refractivity contribution < 1.29 is 19.1 Å². The lowest BCUT2D eigenvalue weighted by molar-refractivity contribution is -0.112. The molecule has 6 heteroatoms. The summed E-state index contributed by atoms with van der Waals surface area (Å²) in [5, 5.41) is 11.9. The maximum Gasteiger partial charge on any atom is 0.339 e. The molecule has 0 saturated heterocycles. The second-order valence-electron chi connectivity index (χ2n) is 5.13. The Bertz CT molecular complexity index is 499. The largest absolute Gasteiger partial charge is 0.478 e. The van der Waals surface area contributed by atoms with Crippen molar-refractivity contribution in [3.8, 4) is 0 Å². The summed E-state index contributed by atoms with van der Waals surface area (Å²) in [6, 6.07) is 2.24. The first-order chi connectivity index (χ1) is 9.60. The standard InChI is InChI=1S/C14H17FN2O3/c15-12-6-5-11(14(19)20)13(17-12)16-7-9-1-3-10(8-18)4-2-9/h5-6,8-10H,1-4,7H2,(H,16,17)(H,19,20). The van der Waals surface area contributed by atoms with Gasteiger partial charge in [-0.15, -0.1) is 0 Å². The van der Waals surface area contributed by atoms with Crippen molar-refractivity contribution in [2.45, 2.75) is 25.7 Å². The van der Waals surface area contributed by atoms with E-state index >= 15 is 0 Å². The van der Waals surface area contributed by atoms with E-state index in [1.807, 2.05) is 0 Å². The Balaban J connectivity index is 1.95. The van der Waals surface area contributed by atoms with Crippen molar-refractivity contribution in [1.29, 1.82) is 0 Å². The van der Waals surface area contributed by atoms with Crippen molar-refractivity contribution in [3.63, 3.8) is 0 Å². The number of anilines is 1. The molecule has 1 aliphatic rings. The zero-order valence-electron chi connectivity index (χ0n) is 11.0. The number of aldehydes is 1. The summed E-state index contributed by atoms with van der Waals surface area (Å²) in [5.41, 5.74) is -0.0343. The van der Waals surface area contributed by atoms with Gasteiger partial charge in [-0.1, -0.05) is 0 Å². The number of carbonyl (C=O) groups is 2. The molecular formula is C14H17FN2O3. The number of nitrogens with one attached hydrogen (secondary N) is 1. The summed E-state index contributed by atoms with van der Waals surface area (Å²) in [5.74, 6) is -1.27. The molecule has 5 nitrogen and oxygen atoms in total. The minimum absolute atomic E-state index is 0.0343. The molecule has 1 aromatic rings. The second-order valence-corrected chi connectivity index (χ2v) is 5.13. The fourth-order valence-corrected chi connectivity index (χ4v) is 2.51. The van der Waals surface area contributed by atoms with Gasteiger partial charge in [0.05, 0.1) is 0 Å². The molecule has 0 amide bonds. The molecular weight excluding hydrogens is 263 g/mol. The van der Waals surface area contributed by atoms with E-state index in [0.717, 1.165) is 38.0 Å². The third-order valence-electron chi connectivity index (χ3n) is 3.73. The molecule has 0 radical (unpaired) electrons. The van der Waals surface area contributed by atoms with Gasteiger partial charge in [0.15, 0.2) is 0 Å². The van der Waals surface area contributed by atoms with Crippen LogP contribution in [0.15, 0.2) is 12.1 Å². The van der Waals surface area contributed by atoms with E-state index in [1.165, 1.54) is 6.07 Å². The summed E-state index contributed by atoms with van der Waals surface area (Å²) >= 11 is 0. The van der Waals surface area contributed by atoms with Crippen LogP contribution >= 0.6 is 0 Å². The van der Waals surface area contributed by atoms with Crippen LogP contribution in [0.3, 0.4) is 0 Å². The van der Waals surface area contributed by atoms with Crippen LogP contribution in [-0.4, -0.2) is 28.9 Å². The molecule has 1 aromatic heterocycles. The van der Waals surface area contributed by atoms with Crippen LogP contribution in [0.25, 0.3) is 0 Å². The number of carboxylic acid groups (broad SMARTS) is 1. The van der Waals surface area contributed by atoms with E-state index in [4.69, 9.17) is 5.11 Å². The first-order valence-electron chi connectivity index (χ1n) is 6.69. The summed E-state index contributed by atoms with van der Waals surface area (Å²) in [6.07, 6.45) is 4.54. The quantitative estimate of drug-likeness (QED) is 0.639. The molecule has 1 heterocycles. The third-order valence-corrected chi connectivity index (χ3v) is 3.73. The average molecular weight is 280 g/mol. The monoisotopic (exact) mass is 280 g/mol. The summed E-state index contributed by atoms with van der Waals surface area (Å²) in [4.78, 5) is 25.3. The van der Waals surface area contributed by atoms with Crippen molar-refractivity contribution >= 4 is 18.1 Å². The molecule has 20 heavy (non-hydrogen) atoms. The number of carbonyl (C=O) groups excluding carboxylic acids is 1. The molecule has 0 spiro atoms. The van der Waals surface area contributed by atoms with Gasteiger partial charge >= 0.3 is 5.97 Å². The van der Waals surface area contributed by atoms with Crippen molar-refractivity contribution in [3.05, 3.63) is 23.6 Å². The maximum atomic E-state index is 13.1. The predicted octanol–water partition coefficient (Wildman–Crippen LogP) is 2.34. The van der Waals surface area contributed by atoms with Gasteiger partial charge in [-0.05, 0) is 43.7 Å². The Morgan fingerprint density at radius 1 is 1.40 bits per heavy atom. The Kier molecular flexibility index (Phi) is 4.65. The third kappa shape index (κ3) is 3.53. The van der Waals surface area contributed by atoms with Gasteiger partial charge in [0.25, 0.3) is 0 Å². The highest BCUT2D eigenvalue weighted by Gasteiger charge is 2.21. The molecule has 1 aliphatic carbocycles. The van der Waals surface area contributed by atoms with Gasteiger partial charge in [0, 0.05) is 12.5 Å². The molecule has 1 saturated carbocycles. The van der Waals surface area contributed by atoms with Gasteiger partial charge in [-0.25, -0.2) is 9.78 Å². The van der Waals surface area contributed by atoms with E-state index in [-0.39, 0.29) is 17.3 Å². The lowest BCUT2D eigenvalue weighted by Crippen LogP contribution is -2.23. The molecule has 0 unspecified atom stereocenters. The van der Waals surface area contributed by atoms with Crippen molar-refractivity contribution in [2.75, 3.05) is 11.9 Å². The molecule has 2 rings (SSSR count). The smallest absolute Gasteiger partial charge is 0.339 e. The van der Waals surface area contributed by atoms with Gasteiger partial charge < -0.3 is 15.2 Å². The van der Waals surface area contributed by atoms with Crippen LogP contribution < -0.4 is 5.32 Å². The Morgan fingerprint density at radius 3 is 2.70 bits per heavy atom. The van der Waals surface area contributed by atoms with Crippen LogP contribution in [0.2, 0.25) is 0 Å². The molecule has 0 bridgehead atoms. The number of nitrogens with zero attached hydrogens (tertiary/aromatic N) is 1. The van der Waals surface area contributed by atoms with Crippen molar-refractivity contribution in [1.82, 2.24) is 4.98 Å². The minimum Gasteiger partial charge on any atom is -0.478 e. The lowest BCUT2D eigenvalue weighted by Gasteiger charge is -2.25. The number of hydrogen-bond acceptors (Lipinski definition) is 4. The van der Waals surface area contributed by atoms with Gasteiger partial charge in [0.2, 0.25) is 5.95 Å². The minimum atomic E-state index is -1.13. The van der Waals surface area contributed by atoms with Crippen LogP contribution in [0.1, 0.15) is 36.0 Å². The number of aromatic carboxylic acids is 1. The van der Waals surface area contributed by atoms with E-state index in [1.54, 1.807) is 0 Å².